The molecule has 2 aliphatic rings. The molecule has 1 spiro atoms. The summed E-state index contributed by atoms with van der Waals surface area (Å²) in [4.78, 5) is 9.53. The Bertz CT molecular complexity index is 2520. The van der Waals surface area contributed by atoms with Crippen molar-refractivity contribution >= 4 is 34.1 Å². The smallest absolute Gasteiger partial charge is 0.137 e. The van der Waals surface area contributed by atoms with Crippen molar-refractivity contribution in [3.63, 3.8) is 0 Å². The van der Waals surface area contributed by atoms with E-state index in [2.05, 4.69) is 137 Å². The van der Waals surface area contributed by atoms with Crippen molar-refractivity contribution in [1.82, 2.24) is 14.5 Å². The van der Waals surface area contributed by atoms with E-state index >= 15 is 0 Å². The molecular weight excluding hydrogens is 574 g/mol. The van der Waals surface area contributed by atoms with Gasteiger partial charge in [0.1, 0.15) is 17.3 Å². The van der Waals surface area contributed by atoms with Gasteiger partial charge in [0.2, 0.25) is 0 Å². The van der Waals surface area contributed by atoms with E-state index in [0.717, 1.165) is 61.5 Å². The zero-order chi connectivity index (χ0) is 31.0. The van der Waals surface area contributed by atoms with E-state index in [9.17, 15) is 0 Å². The lowest BCUT2D eigenvalue weighted by atomic mass is 9.62. The second kappa shape index (κ2) is 9.87. The van der Waals surface area contributed by atoms with Crippen LogP contribution >= 0.6 is 0 Å². The number of rotatable bonds is 2. The minimum absolute atomic E-state index is 0.586. The highest BCUT2D eigenvalue weighted by Gasteiger charge is 2.47. The van der Waals surface area contributed by atoms with E-state index in [4.69, 9.17) is 9.72 Å². The molecule has 0 atom stereocenters. The van der Waals surface area contributed by atoms with Gasteiger partial charge >= 0.3 is 0 Å². The van der Waals surface area contributed by atoms with E-state index in [1.165, 1.54) is 22.3 Å². The normalized spacial score (nSPS) is 13.8. The number of fused-ring (bicyclic) bond motifs is 11. The third kappa shape index (κ3) is 3.64. The van der Waals surface area contributed by atoms with Crippen LogP contribution in [0.2, 0.25) is 0 Å². The lowest BCUT2D eigenvalue weighted by Gasteiger charge is -2.42. The molecule has 0 unspecified atom stereocenters. The van der Waals surface area contributed by atoms with Crippen molar-refractivity contribution in [2.45, 2.75) is 5.41 Å². The Balaban J connectivity index is 1.26. The maximum atomic E-state index is 6.58. The first-order valence-electron chi connectivity index (χ1n) is 15.9. The van der Waals surface area contributed by atoms with Gasteiger partial charge in [-0.1, -0.05) is 97.1 Å². The molecule has 0 radical (unpaired) electrons. The second-order valence-electron chi connectivity index (χ2n) is 12.2. The maximum absolute atomic E-state index is 6.58. The van der Waals surface area contributed by atoms with Crippen LogP contribution in [-0.2, 0) is 5.41 Å². The molecule has 1 aliphatic carbocycles. The molecule has 0 bridgehead atoms. The van der Waals surface area contributed by atoms with Gasteiger partial charge in [0.15, 0.2) is 0 Å². The van der Waals surface area contributed by atoms with Gasteiger partial charge in [0.25, 0.3) is 0 Å². The molecule has 4 nitrogen and oxygen atoms in total. The van der Waals surface area contributed by atoms with Crippen LogP contribution in [-0.4, -0.2) is 14.5 Å². The number of nitrogens with zero attached hydrogens (tertiary/aromatic N) is 3. The van der Waals surface area contributed by atoms with Gasteiger partial charge < -0.3 is 4.74 Å². The Hall–Kier alpha value is -6.26. The molecular formula is C43H27N3O. The zero-order valence-corrected chi connectivity index (χ0v) is 25.3. The van der Waals surface area contributed by atoms with Crippen LogP contribution < -0.4 is 4.74 Å². The van der Waals surface area contributed by atoms with Crippen molar-refractivity contribution in [3.05, 3.63) is 185 Å². The van der Waals surface area contributed by atoms with Crippen LogP contribution in [0, 0.1) is 0 Å². The molecule has 1 aliphatic heterocycles. The molecule has 0 N–H and O–H groups in total. The number of hydrogen-bond donors (Lipinski definition) is 0. The summed E-state index contributed by atoms with van der Waals surface area (Å²) in [6.45, 7) is 0. The predicted octanol–water partition coefficient (Wildman–Crippen LogP) is 10.2. The standard InChI is InChI=1S/C43H27N3O/c1-2-11-33-28(10-1)18-19-29-20-21-31(27-36(29)43(33)34-12-3-5-15-39(34)47-40-16-6-4-13-35(40)43)30-22-23-37-32(26-30)42-38(14-9-25-45-42)46(37)41-17-7-8-24-44-41/h1-27H. The summed E-state index contributed by atoms with van der Waals surface area (Å²) < 4.78 is 8.78. The summed E-state index contributed by atoms with van der Waals surface area (Å²) in [7, 11) is 0. The highest BCUT2D eigenvalue weighted by atomic mass is 16.5. The monoisotopic (exact) mass is 601 g/mol. The van der Waals surface area contributed by atoms with E-state index in [1.54, 1.807) is 0 Å². The summed E-state index contributed by atoms with van der Waals surface area (Å²) in [5, 5.41) is 1.10. The number of benzene rings is 5. The minimum Gasteiger partial charge on any atom is -0.457 e. The molecule has 5 aromatic carbocycles. The first-order chi connectivity index (χ1) is 23.3. The van der Waals surface area contributed by atoms with Gasteiger partial charge in [-0.15, -0.1) is 0 Å². The molecule has 0 fully saturated rings. The van der Waals surface area contributed by atoms with Crippen molar-refractivity contribution < 1.29 is 4.74 Å². The Labute approximate surface area is 271 Å². The lowest BCUT2D eigenvalue weighted by molar-refractivity contribution is 0.434. The van der Waals surface area contributed by atoms with Crippen LogP contribution in [0.25, 0.3) is 51.0 Å². The van der Waals surface area contributed by atoms with Gasteiger partial charge in [-0.05, 0) is 88.0 Å². The number of ether oxygens (including phenoxy) is 1. The van der Waals surface area contributed by atoms with Gasteiger partial charge in [0, 0.05) is 28.9 Å². The summed E-state index contributed by atoms with van der Waals surface area (Å²) in [5.74, 6) is 2.64. The van der Waals surface area contributed by atoms with E-state index < -0.39 is 5.41 Å². The largest absolute Gasteiger partial charge is 0.457 e. The summed E-state index contributed by atoms with van der Waals surface area (Å²) in [6.07, 6.45) is 8.23. The molecule has 10 rings (SSSR count). The Morgan fingerprint density at radius 3 is 1.94 bits per heavy atom. The first kappa shape index (κ1) is 26.0. The summed E-state index contributed by atoms with van der Waals surface area (Å²) in [5.41, 5.74) is 11.9. The summed E-state index contributed by atoms with van der Waals surface area (Å²) >= 11 is 0. The quantitative estimate of drug-likeness (QED) is 0.198. The fourth-order valence-corrected chi connectivity index (χ4v) is 7.84. The van der Waals surface area contributed by atoms with Crippen LogP contribution in [0.15, 0.2) is 152 Å². The van der Waals surface area contributed by atoms with Crippen molar-refractivity contribution in [3.8, 4) is 28.4 Å². The van der Waals surface area contributed by atoms with Crippen LogP contribution in [0.5, 0.6) is 11.5 Å². The van der Waals surface area contributed by atoms with E-state index in [0.29, 0.717) is 0 Å². The van der Waals surface area contributed by atoms with Crippen molar-refractivity contribution in [2.24, 2.45) is 0 Å². The molecule has 220 valence electrons. The molecule has 8 aromatic rings. The molecule has 0 saturated heterocycles. The average Bonchev–Trinajstić information content (AvgIpc) is 3.39. The first-order valence-corrected chi connectivity index (χ1v) is 15.9. The van der Waals surface area contributed by atoms with Crippen molar-refractivity contribution in [1.29, 1.82) is 0 Å². The number of pyridine rings is 2. The minimum atomic E-state index is -0.586. The van der Waals surface area contributed by atoms with Gasteiger partial charge in [-0.2, -0.15) is 0 Å². The molecule has 47 heavy (non-hydrogen) atoms. The molecule has 4 heterocycles. The topological polar surface area (TPSA) is 39.9 Å². The van der Waals surface area contributed by atoms with E-state index in [-0.39, 0.29) is 0 Å². The molecule has 0 amide bonds. The van der Waals surface area contributed by atoms with Gasteiger partial charge in [-0.25, -0.2) is 4.98 Å². The highest BCUT2D eigenvalue weighted by molar-refractivity contribution is 6.08. The number of aromatic nitrogens is 3. The molecule has 4 heteroatoms. The third-order valence-electron chi connectivity index (χ3n) is 9.80. The van der Waals surface area contributed by atoms with E-state index in [1.807, 2.05) is 36.7 Å². The van der Waals surface area contributed by atoms with Crippen LogP contribution in [0.1, 0.15) is 33.4 Å². The average molecular weight is 602 g/mol. The second-order valence-corrected chi connectivity index (χ2v) is 12.2. The van der Waals surface area contributed by atoms with Gasteiger partial charge in [0.05, 0.1) is 22.0 Å². The Kier molecular flexibility index (Phi) is 5.46. The van der Waals surface area contributed by atoms with Gasteiger partial charge in [-0.3, -0.25) is 9.55 Å². The fourth-order valence-electron chi connectivity index (χ4n) is 7.84. The predicted molar refractivity (Wildman–Crippen MR) is 189 cm³/mol. The number of hydrogen-bond acceptors (Lipinski definition) is 3. The Morgan fingerprint density at radius 1 is 0.489 bits per heavy atom. The zero-order valence-electron chi connectivity index (χ0n) is 25.3. The number of para-hydroxylation sites is 2. The summed E-state index contributed by atoms with van der Waals surface area (Å²) in [6, 6.07) is 49.5. The third-order valence-corrected chi connectivity index (χ3v) is 9.80. The highest BCUT2D eigenvalue weighted by Crippen LogP contribution is 2.58. The Morgan fingerprint density at radius 2 is 1.15 bits per heavy atom. The lowest BCUT2D eigenvalue weighted by Crippen LogP contribution is -2.35. The van der Waals surface area contributed by atoms with Crippen LogP contribution in [0.4, 0.5) is 0 Å². The molecule has 3 aromatic heterocycles. The van der Waals surface area contributed by atoms with Crippen molar-refractivity contribution in [2.75, 3.05) is 0 Å². The maximum Gasteiger partial charge on any atom is 0.137 e. The van der Waals surface area contributed by atoms with Crippen LogP contribution in [0.3, 0.4) is 0 Å². The fraction of sp³-hybridized carbons (Fsp3) is 0.0233. The molecule has 0 saturated carbocycles. The SMILES string of the molecule is C1=Cc2ccc(-c3ccc4c(c3)c3ncccc3n4-c3ccccn3)cc2C2(c3ccccc31)c1ccccc1Oc1ccccc12.